The number of nitrogens with one attached hydrogen (secondary N) is 2. The van der Waals surface area contributed by atoms with Gasteiger partial charge in [-0.2, -0.15) is 0 Å². The number of pyridine rings is 1. The summed E-state index contributed by atoms with van der Waals surface area (Å²) in [7, 11) is 1.94. The van der Waals surface area contributed by atoms with Gasteiger partial charge < -0.3 is 15.3 Å². The van der Waals surface area contributed by atoms with Crippen LogP contribution in [0.4, 0.5) is 13.2 Å². The molecular weight excluding hydrogens is 391 g/mol. The number of imidazole rings is 1. The fourth-order valence-corrected chi connectivity index (χ4v) is 3.82. The summed E-state index contributed by atoms with van der Waals surface area (Å²) in [5, 5.41) is 10.8. The van der Waals surface area contributed by atoms with Gasteiger partial charge in [-0.05, 0) is 31.0 Å². The molecule has 156 valence electrons. The first kappa shape index (κ1) is 20.1. The van der Waals surface area contributed by atoms with Crippen molar-refractivity contribution >= 4 is 22.8 Å². The number of fused-ring (bicyclic) bond motifs is 1. The predicted molar refractivity (Wildman–Crippen MR) is 111 cm³/mol. The Kier molecular flexibility index (Phi) is 5.09. The number of hydrogen-bond acceptors (Lipinski definition) is 4. The molecule has 0 amide bonds. The second kappa shape index (κ2) is 7.59. The molecule has 5 nitrogen and oxygen atoms in total. The minimum Gasteiger partial charge on any atom is -0.390 e. The average molecular weight is 413 g/mol. The van der Waals surface area contributed by atoms with Crippen molar-refractivity contribution in [1.82, 2.24) is 19.9 Å². The predicted octanol–water partition coefficient (Wildman–Crippen LogP) is 4.71. The summed E-state index contributed by atoms with van der Waals surface area (Å²) in [5.41, 5.74) is 3.91. The first-order chi connectivity index (χ1) is 14.3. The Hall–Kier alpha value is -3.16. The van der Waals surface area contributed by atoms with E-state index in [1.165, 1.54) is 6.07 Å². The van der Waals surface area contributed by atoms with Crippen LogP contribution in [-0.2, 0) is 7.05 Å². The highest BCUT2D eigenvalue weighted by Crippen LogP contribution is 2.41. The topological polar surface area (TPSA) is 66.6 Å². The number of alkyl halides is 2. The number of nitrogens with zero attached hydrogens (tertiary/aromatic N) is 3. The minimum atomic E-state index is -2.57. The number of allylic oxidation sites excluding steroid dienone is 1. The lowest BCUT2D eigenvalue weighted by Crippen LogP contribution is -2.40. The van der Waals surface area contributed by atoms with Crippen LogP contribution in [0.15, 0.2) is 36.7 Å². The van der Waals surface area contributed by atoms with E-state index in [0.717, 1.165) is 34.8 Å². The van der Waals surface area contributed by atoms with Crippen molar-refractivity contribution in [2.75, 3.05) is 6.54 Å². The molecule has 1 aromatic carbocycles. The molecule has 3 aromatic rings. The molecule has 0 aliphatic heterocycles. The van der Waals surface area contributed by atoms with Gasteiger partial charge in [0.2, 0.25) is 5.92 Å². The Balaban J connectivity index is 1.65. The van der Waals surface area contributed by atoms with Gasteiger partial charge in [0.1, 0.15) is 11.6 Å². The van der Waals surface area contributed by atoms with E-state index in [2.05, 4.69) is 15.3 Å². The number of aromatic nitrogens is 3. The number of halogens is 3. The van der Waals surface area contributed by atoms with Gasteiger partial charge >= 0.3 is 0 Å². The fourth-order valence-electron chi connectivity index (χ4n) is 3.82. The molecule has 0 saturated heterocycles. The summed E-state index contributed by atoms with van der Waals surface area (Å²) in [4.78, 5) is 8.80. The molecule has 1 aliphatic rings. The molecule has 0 radical (unpaired) electrons. The third-order valence-corrected chi connectivity index (χ3v) is 5.54. The average Bonchev–Trinajstić information content (AvgIpc) is 2.97. The highest BCUT2D eigenvalue weighted by atomic mass is 19.3. The smallest absolute Gasteiger partial charge is 0.248 e. The van der Waals surface area contributed by atoms with Gasteiger partial charge in [0.25, 0.3) is 0 Å². The zero-order valence-corrected chi connectivity index (χ0v) is 16.7. The highest BCUT2D eigenvalue weighted by Gasteiger charge is 2.44. The summed E-state index contributed by atoms with van der Waals surface area (Å²) in [6, 6.07) is 7.03. The van der Waals surface area contributed by atoms with E-state index in [0.29, 0.717) is 23.4 Å². The van der Waals surface area contributed by atoms with Crippen LogP contribution in [-0.4, -0.2) is 33.2 Å². The van der Waals surface area contributed by atoms with Crippen LogP contribution < -0.4 is 5.32 Å². The zero-order valence-electron chi connectivity index (χ0n) is 16.7. The first-order valence-corrected chi connectivity index (χ1v) is 9.68. The standard InChI is InChI=1S/C22H22F3N5/c1-13-29-19-5-15(3-4-20(19)30(13)2)21-18(6-17(23)12-28-21)16(9-26)11-27-10-14-7-22(24,25)8-14/h3-6,9,11-12,14,26-27H,7-8,10H2,1-2H3/b16-11+,26-9?. The van der Waals surface area contributed by atoms with E-state index in [9.17, 15) is 13.2 Å². The van der Waals surface area contributed by atoms with Crippen molar-refractivity contribution in [2.24, 2.45) is 13.0 Å². The molecule has 30 heavy (non-hydrogen) atoms. The molecule has 0 bridgehead atoms. The number of aryl methyl sites for hydroxylation is 2. The molecule has 0 atom stereocenters. The largest absolute Gasteiger partial charge is 0.390 e. The third kappa shape index (κ3) is 3.81. The molecule has 1 saturated carbocycles. The summed E-state index contributed by atoms with van der Waals surface area (Å²) in [6.07, 6.45) is 3.53. The van der Waals surface area contributed by atoms with Gasteiger partial charge in [0, 0.05) is 55.5 Å². The molecule has 8 heteroatoms. The molecule has 4 rings (SSSR count). The Morgan fingerprint density at radius 2 is 2.10 bits per heavy atom. The summed E-state index contributed by atoms with van der Waals surface area (Å²) in [6.45, 7) is 2.30. The maximum Gasteiger partial charge on any atom is 0.248 e. The van der Waals surface area contributed by atoms with Crippen LogP contribution in [0.3, 0.4) is 0 Å². The second-order valence-corrected chi connectivity index (χ2v) is 7.75. The third-order valence-electron chi connectivity index (χ3n) is 5.54. The summed E-state index contributed by atoms with van der Waals surface area (Å²) < 4.78 is 41.9. The SMILES string of the molecule is Cc1nc2cc(-c3ncc(F)cc3/C(C=N)=C/NCC3CC(F)(F)C3)ccc2n1C. The van der Waals surface area contributed by atoms with Crippen molar-refractivity contribution in [3.05, 3.63) is 53.9 Å². The summed E-state index contributed by atoms with van der Waals surface area (Å²) >= 11 is 0. The monoisotopic (exact) mass is 413 g/mol. The molecule has 2 heterocycles. The number of rotatable bonds is 6. The van der Waals surface area contributed by atoms with Gasteiger partial charge in [-0.25, -0.2) is 18.2 Å². The lowest BCUT2D eigenvalue weighted by molar-refractivity contribution is -0.108. The van der Waals surface area contributed by atoms with Crippen LogP contribution in [0.5, 0.6) is 0 Å². The lowest BCUT2D eigenvalue weighted by Gasteiger charge is -2.34. The molecule has 2 N–H and O–H groups in total. The van der Waals surface area contributed by atoms with Crippen molar-refractivity contribution < 1.29 is 13.2 Å². The van der Waals surface area contributed by atoms with E-state index in [4.69, 9.17) is 5.41 Å². The van der Waals surface area contributed by atoms with Crippen molar-refractivity contribution in [1.29, 1.82) is 5.41 Å². The molecule has 0 unspecified atom stereocenters. The van der Waals surface area contributed by atoms with Crippen LogP contribution in [0.25, 0.3) is 27.9 Å². The zero-order chi connectivity index (χ0) is 21.5. The molecule has 2 aromatic heterocycles. The fraction of sp³-hybridized carbons (Fsp3) is 0.318. The van der Waals surface area contributed by atoms with Gasteiger partial charge in [-0.1, -0.05) is 6.07 Å². The number of hydrogen-bond donors (Lipinski definition) is 2. The van der Waals surface area contributed by atoms with E-state index in [1.807, 2.05) is 36.7 Å². The van der Waals surface area contributed by atoms with E-state index in [-0.39, 0.29) is 18.8 Å². The van der Waals surface area contributed by atoms with E-state index in [1.54, 1.807) is 6.20 Å². The van der Waals surface area contributed by atoms with Crippen LogP contribution in [0.1, 0.15) is 24.2 Å². The van der Waals surface area contributed by atoms with Gasteiger partial charge in [0.15, 0.2) is 0 Å². The first-order valence-electron chi connectivity index (χ1n) is 9.68. The van der Waals surface area contributed by atoms with E-state index < -0.39 is 11.7 Å². The van der Waals surface area contributed by atoms with Crippen LogP contribution >= 0.6 is 0 Å². The molecule has 1 fully saturated rings. The maximum atomic E-state index is 14.0. The minimum absolute atomic E-state index is 0.108. The maximum absolute atomic E-state index is 14.0. The second-order valence-electron chi connectivity index (χ2n) is 7.75. The Bertz CT molecular complexity index is 1140. The quantitative estimate of drug-likeness (QED) is 0.575. The highest BCUT2D eigenvalue weighted by molar-refractivity contribution is 6.10. The van der Waals surface area contributed by atoms with Gasteiger partial charge in [-0.3, -0.25) is 4.98 Å². The number of benzene rings is 1. The van der Waals surface area contributed by atoms with Crippen LogP contribution in [0.2, 0.25) is 0 Å². The van der Waals surface area contributed by atoms with Gasteiger partial charge in [-0.15, -0.1) is 0 Å². The molecule has 0 spiro atoms. The van der Waals surface area contributed by atoms with Crippen molar-refractivity contribution in [3.8, 4) is 11.3 Å². The molecule has 1 aliphatic carbocycles. The Morgan fingerprint density at radius 3 is 2.80 bits per heavy atom. The lowest BCUT2D eigenvalue weighted by atomic mass is 9.81. The normalized spacial score (nSPS) is 16.5. The van der Waals surface area contributed by atoms with Crippen molar-refractivity contribution in [2.45, 2.75) is 25.7 Å². The Labute approximate surface area is 172 Å². The van der Waals surface area contributed by atoms with Crippen molar-refractivity contribution in [3.63, 3.8) is 0 Å². The van der Waals surface area contributed by atoms with E-state index >= 15 is 0 Å². The molecular formula is C22H22F3N5. The summed E-state index contributed by atoms with van der Waals surface area (Å²) in [5.74, 6) is -2.32. The van der Waals surface area contributed by atoms with Crippen LogP contribution in [0, 0.1) is 24.1 Å². The Morgan fingerprint density at radius 1 is 1.33 bits per heavy atom. The van der Waals surface area contributed by atoms with Gasteiger partial charge in [0.05, 0.1) is 22.9 Å².